The number of rotatable bonds is 3. The fourth-order valence-corrected chi connectivity index (χ4v) is 3.26. The Morgan fingerprint density at radius 2 is 1.85 bits per heavy atom. The number of ether oxygens (including phenoxy) is 1. The Labute approximate surface area is 151 Å². The third kappa shape index (κ3) is 3.26. The minimum atomic E-state index is -4.35. The summed E-state index contributed by atoms with van der Waals surface area (Å²) in [5, 5.41) is 0. The molecule has 0 saturated carbocycles. The molecule has 3 nitrogen and oxygen atoms in total. The molecule has 4 rings (SSSR count). The Morgan fingerprint density at radius 3 is 2.62 bits per heavy atom. The molecule has 2 unspecified atom stereocenters. The predicted octanol–water partition coefficient (Wildman–Crippen LogP) is 4.73. The maximum atomic E-state index is 14.1. The molecule has 26 heavy (non-hydrogen) atoms. The van der Waals surface area contributed by atoms with Crippen LogP contribution in [-0.4, -0.2) is 20.3 Å². The quantitative estimate of drug-likeness (QED) is 0.589. The summed E-state index contributed by atoms with van der Waals surface area (Å²) in [5.41, 5.74) is 3.15. The molecule has 2 aromatic carbocycles. The van der Waals surface area contributed by atoms with Gasteiger partial charge in [-0.15, -0.1) is 0 Å². The second-order valence-electron chi connectivity index (χ2n) is 6.20. The molecule has 2 aromatic rings. The monoisotopic (exact) mass is 354 g/mol. The average Bonchev–Trinajstić information content (AvgIpc) is 2.65. The highest BCUT2D eigenvalue weighted by atomic mass is 19.3. The van der Waals surface area contributed by atoms with Crippen LogP contribution in [-0.2, 0) is 9.31 Å². The van der Waals surface area contributed by atoms with E-state index >= 15 is 0 Å². The molecule has 6 heteroatoms. The first-order valence-corrected chi connectivity index (χ1v) is 8.37. The van der Waals surface area contributed by atoms with E-state index in [1.165, 1.54) is 0 Å². The predicted molar refractivity (Wildman–Crippen MR) is 96.6 cm³/mol. The van der Waals surface area contributed by atoms with Crippen molar-refractivity contribution in [1.82, 2.24) is 0 Å². The Bertz CT molecular complexity index is 862. The number of fused-ring (bicyclic) bond motifs is 3. The standard InChI is InChI=1S/C20H17BF2O3/c1-24-16-10-6-14(7-11-16)8-13-19-18-12-9-15-4-2-3-5-17(15)20(18)26-21(22,23)25-19/h2-13,19-20H,1H3/b13-8+. The summed E-state index contributed by atoms with van der Waals surface area (Å²) in [6.45, 7) is 0. The van der Waals surface area contributed by atoms with Crippen LogP contribution in [0.25, 0.3) is 6.08 Å². The first-order valence-electron chi connectivity index (χ1n) is 8.37. The third-order valence-corrected chi connectivity index (χ3v) is 4.54. The van der Waals surface area contributed by atoms with Gasteiger partial charge in [-0.05, 0) is 42.0 Å². The Kier molecular flexibility index (Phi) is 4.30. The summed E-state index contributed by atoms with van der Waals surface area (Å²) >= 11 is 0. The number of benzene rings is 2. The zero-order valence-corrected chi connectivity index (χ0v) is 14.1. The molecule has 2 aliphatic rings. The van der Waals surface area contributed by atoms with E-state index in [9.17, 15) is 8.63 Å². The van der Waals surface area contributed by atoms with Crippen LogP contribution in [0.15, 0.2) is 66.3 Å². The van der Waals surface area contributed by atoms with Gasteiger partial charge in [-0.3, -0.25) is 0 Å². The first-order chi connectivity index (χ1) is 12.6. The van der Waals surface area contributed by atoms with Gasteiger partial charge in [-0.2, -0.15) is 0 Å². The zero-order valence-electron chi connectivity index (χ0n) is 14.1. The van der Waals surface area contributed by atoms with Crippen LogP contribution < -0.4 is 4.74 Å². The molecule has 0 aromatic heterocycles. The van der Waals surface area contributed by atoms with Gasteiger partial charge in [0.2, 0.25) is 0 Å². The van der Waals surface area contributed by atoms with E-state index in [4.69, 9.17) is 14.0 Å². The maximum absolute atomic E-state index is 14.1. The second-order valence-corrected chi connectivity index (χ2v) is 6.20. The minimum Gasteiger partial charge on any atom is -0.497 e. The molecule has 0 N–H and O–H groups in total. The molecule has 1 saturated heterocycles. The van der Waals surface area contributed by atoms with Crippen molar-refractivity contribution in [2.45, 2.75) is 12.2 Å². The lowest BCUT2D eigenvalue weighted by Crippen LogP contribution is -2.45. The van der Waals surface area contributed by atoms with Crippen LogP contribution in [0.4, 0.5) is 8.63 Å². The van der Waals surface area contributed by atoms with Gasteiger partial charge < -0.3 is 22.7 Å². The van der Waals surface area contributed by atoms with Gasteiger partial charge in [0.1, 0.15) is 17.4 Å². The largest absolute Gasteiger partial charge is 0.604 e. The number of halogens is 2. The van der Waals surface area contributed by atoms with E-state index < -0.39 is 19.3 Å². The third-order valence-electron chi connectivity index (χ3n) is 4.54. The van der Waals surface area contributed by atoms with Gasteiger partial charge in [0.05, 0.1) is 24.4 Å². The summed E-state index contributed by atoms with van der Waals surface area (Å²) in [4.78, 5) is 0. The first kappa shape index (κ1) is 16.9. The average molecular weight is 354 g/mol. The van der Waals surface area contributed by atoms with Gasteiger partial charge in [-0.1, -0.05) is 18.2 Å². The van der Waals surface area contributed by atoms with Crippen molar-refractivity contribution < 1.29 is 22.7 Å². The second kappa shape index (κ2) is 6.63. The molecule has 1 aliphatic heterocycles. The van der Waals surface area contributed by atoms with Crippen LogP contribution in [0.1, 0.15) is 22.8 Å². The molecule has 1 heterocycles. The number of hydrogen-bond donors (Lipinski definition) is 0. The SMILES string of the molecule is COc1ccc(/C=C/C2O[B-](F)(F)OC3C2=C[CH+]c2ccccc23)cc1. The van der Waals surface area contributed by atoms with E-state index in [1.807, 2.05) is 55.0 Å². The van der Waals surface area contributed by atoms with Gasteiger partial charge in [0, 0.05) is 18.6 Å². The highest BCUT2D eigenvalue weighted by Crippen LogP contribution is 2.44. The molecular formula is C20H17BF2O3. The molecule has 0 bridgehead atoms. The maximum Gasteiger partial charge on any atom is 0.604 e. The lowest BCUT2D eigenvalue weighted by Gasteiger charge is -2.41. The molecule has 0 amide bonds. The van der Waals surface area contributed by atoms with Crippen LogP contribution >= 0.6 is 0 Å². The van der Waals surface area contributed by atoms with Crippen LogP contribution in [0.3, 0.4) is 0 Å². The van der Waals surface area contributed by atoms with E-state index in [-0.39, 0.29) is 0 Å². The van der Waals surface area contributed by atoms with E-state index in [0.717, 1.165) is 22.4 Å². The van der Waals surface area contributed by atoms with Gasteiger partial charge in [0.25, 0.3) is 0 Å². The number of methoxy groups -OCH3 is 1. The van der Waals surface area contributed by atoms with Crippen molar-refractivity contribution in [2.24, 2.45) is 0 Å². The van der Waals surface area contributed by atoms with Gasteiger partial charge in [0.15, 0.2) is 0 Å². The van der Waals surface area contributed by atoms with Gasteiger partial charge >= 0.3 is 7.11 Å². The lowest BCUT2D eigenvalue weighted by molar-refractivity contribution is 0.00401. The minimum absolute atomic E-state index is 0.668. The van der Waals surface area contributed by atoms with Crippen molar-refractivity contribution in [3.05, 3.63) is 89.4 Å². The van der Waals surface area contributed by atoms with Crippen LogP contribution in [0.2, 0.25) is 0 Å². The summed E-state index contributed by atoms with van der Waals surface area (Å²) in [6, 6.07) is 14.7. The Hall–Kier alpha value is -2.57. The molecule has 0 radical (unpaired) electrons. The van der Waals surface area contributed by atoms with Crippen molar-refractivity contribution in [1.29, 1.82) is 0 Å². The highest BCUT2D eigenvalue weighted by molar-refractivity contribution is 6.52. The Morgan fingerprint density at radius 1 is 1.08 bits per heavy atom. The molecule has 2 atom stereocenters. The van der Waals surface area contributed by atoms with Crippen molar-refractivity contribution in [2.75, 3.05) is 7.11 Å². The molecule has 1 aliphatic carbocycles. The van der Waals surface area contributed by atoms with Gasteiger partial charge in [-0.25, -0.2) is 0 Å². The van der Waals surface area contributed by atoms with E-state index in [2.05, 4.69) is 0 Å². The number of hydrogen-bond acceptors (Lipinski definition) is 3. The topological polar surface area (TPSA) is 27.7 Å². The van der Waals surface area contributed by atoms with Crippen molar-refractivity contribution >= 4 is 13.2 Å². The summed E-state index contributed by atoms with van der Waals surface area (Å²) in [6.07, 6.45) is 5.46. The fourth-order valence-electron chi connectivity index (χ4n) is 3.26. The Balaban J connectivity index is 1.63. The summed E-state index contributed by atoms with van der Waals surface area (Å²) in [7, 11) is -2.76. The zero-order chi connectivity index (χ0) is 18.1. The van der Waals surface area contributed by atoms with Crippen LogP contribution in [0, 0.1) is 6.42 Å². The van der Waals surface area contributed by atoms with E-state index in [1.54, 1.807) is 25.3 Å². The highest BCUT2D eigenvalue weighted by Gasteiger charge is 2.47. The van der Waals surface area contributed by atoms with Crippen molar-refractivity contribution in [3.8, 4) is 5.75 Å². The smallest absolute Gasteiger partial charge is 0.497 e. The van der Waals surface area contributed by atoms with E-state index in [0.29, 0.717) is 5.57 Å². The molecule has 132 valence electrons. The van der Waals surface area contributed by atoms with Crippen LogP contribution in [0.5, 0.6) is 5.75 Å². The molecule has 1 fully saturated rings. The molecule has 0 spiro atoms. The lowest BCUT2D eigenvalue weighted by atomic mass is 9.83. The number of allylic oxidation sites excluding steroid dienone is 1. The van der Waals surface area contributed by atoms with Crippen molar-refractivity contribution in [3.63, 3.8) is 0 Å². The summed E-state index contributed by atoms with van der Waals surface area (Å²) < 4.78 is 43.2. The molecular weight excluding hydrogens is 337 g/mol. The fraction of sp³-hybridized carbons (Fsp3) is 0.150. The normalized spacial score (nSPS) is 23.6. The summed E-state index contributed by atoms with van der Waals surface area (Å²) in [5.74, 6) is 0.737.